The lowest BCUT2D eigenvalue weighted by molar-refractivity contribution is 0.878. The third-order valence-electron chi connectivity index (χ3n) is 0.761. The van der Waals surface area contributed by atoms with Crippen LogP contribution in [0.1, 0.15) is 19.8 Å². The minimum atomic E-state index is 0.833. The second-order valence-corrected chi connectivity index (χ2v) is 1.43. The molecule has 0 atom stereocenters. The molecule has 0 bridgehead atoms. The van der Waals surface area contributed by atoms with Crippen molar-refractivity contribution in [2.45, 2.75) is 26.1 Å². The molecule has 0 aliphatic rings. The zero-order valence-electron chi connectivity index (χ0n) is 4.55. The Kier molecular flexibility index (Phi) is 5.39. The van der Waals surface area contributed by atoms with Crippen molar-refractivity contribution in [2.75, 3.05) is 0 Å². The van der Waals surface area contributed by atoms with E-state index in [1.807, 2.05) is 0 Å². The highest BCUT2D eigenvalue weighted by atomic mass is 16.2. The standard InChI is InChI=1S/C4H9BNO/c1-2-3-4-5-6-7/h2-4H2,1H3. The molecule has 0 saturated carbocycles. The van der Waals surface area contributed by atoms with Crippen LogP contribution in [0.3, 0.4) is 0 Å². The van der Waals surface area contributed by atoms with E-state index in [1.54, 1.807) is 0 Å². The summed E-state index contributed by atoms with van der Waals surface area (Å²) in [6, 6.07) is 0. The van der Waals surface area contributed by atoms with E-state index < -0.39 is 0 Å². The maximum Gasteiger partial charge on any atom is 0.336 e. The van der Waals surface area contributed by atoms with Gasteiger partial charge in [0.15, 0.2) is 0 Å². The van der Waals surface area contributed by atoms with Crippen molar-refractivity contribution in [3.8, 4) is 0 Å². The Bertz CT molecular complexity index is 49.0. The lowest BCUT2D eigenvalue weighted by Gasteiger charge is -1.82. The quantitative estimate of drug-likeness (QED) is 0.298. The fourth-order valence-corrected chi connectivity index (χ4v) is 0.348. The number of hydrogen-bond acceptors (Lipinski definition) is 2. The van der Waals surface area contributed by atoms with E-state index in [0.29, 0.717) is 0 Å². The van der Waals surface area contributed by atoms with Crippen LogP contribution < -0.4 is 0 Å². The number of nitroso groups, excluding NO2 is 1. The summed E-state index contributed by atoms with van der Waals surface area (Å²) < 4.78 is 0. The summed E-state index contributed by atoms with van der Waals surface area (Å²) in [5.41, 5.74) is 0. The number of unbranched alkanes of at least 4 members (excludes halogenated alkanes) is 1. The van der Waals surface area contributed by atoms with Gasteiger partial charge in [-0.15, -0.1) is 5.09 Å². The summed E-state index contributed by atoms with van der Waals surface area (Å²) >= 11 is 0. The molecular formula is C4H9BNO. The topological polar surface area (TPSA) is 29.4 Å². The fraction of sp³-hybridized carbons (Fsp3) is 1.00. The van der Waals surface area contributed by atoms with Crippen molar-refractivity contribution in [2.24, 2.45) is 5.09 Å². The SMILES string of the molecule is CCCC[B]N=O. The van der Waals surface area contributed by atoms with Gasteiger partial charge in [-0.3, -0.25) is 0 Å². The molecule has 0 aromatic heterocycles. The van der Waals surface area contributed by atoms with E-state index in [4.69, 9.17) is 0 Å². The van der Waals surface area contributed by atoms with Crippen LogP contribution in [0.15, 0.2) is 5.09 Å². The van der Waals surface area contributed by atoms with Crippen LogP contribution in [0, 0.1) is 4.91 Å². The Morgan fingerprint density at radius 3 is 2.86 bits per heavy atom. The average molecular weight is 97.9 g/mol. The third-order valence-corrected chi connectivity index (χ3v) is 0.761. The summed E-state index contributed by atoms with van der Waals surface area (Å²) in [7, 11) is 1.41. The molecule has 0 fully saturated rings. The van der Waals surface area contributed by atoms with E-state index >= 15 is 0 Å². The Hall–Kier alpha value is -0.335. The molecule has 7 heavy (non-hydrogen) atoms. The zero-order chi connectivity index (χ0) is 5.54. The molecule has 0 aliphatic carbocycles. The van der Waals surface area contributed by atoms with E-state index in [2.05, 4.69) is 12.0 Å². The minimum absolute atomic E-state index is 0.833. The molecule has 0 amide bonds. The first kappa shape index (κ1) is 6.66. The summed E-state index contributed by atoms with van der Waals surface area (Å²) in [4.78, 5) is 9.37. The number of rotatable bonds is 4. The maximum atomic E-state index is 9.37. The molecule has 0 saturated heterocycles. The van der Waals surface area contributed by atoms with Crippen molar-refractivity contribution in [1.82, 2.24) is 0 Å². The smallest absolute Gasteiger partial charge is 0.169 e. The second-order valence-electron chi connectivity index (χ2n) is 1.43. The first-order chi connectivity index (χ1) is 3.41. The van der Waals surface area contributed by atoms with Crippen molar-refractivity contribution in [1.29, 1.82) is 0 Å². The third kappa shape index (κ3) is 5.66. The summed E-state index contributed by atoms with van der Waals surface area (Å²) in [5.74, 6) is 0. The Balaban J connectivity index is 2.56. The van der Waals surface area contributed by atoms with Crippen molar-refractivity contribution < 1.29 is 0 Å². The molecule has 0 aliphatic heterocycles. The van der Waals surface area contributed by atoms with Gasteiger partial charge < -0.3 is 0 Å². The summed E-state index contributed by atoms with van der Waals surface area (Å²) in [6.07, 6.45) is 3.04. The van der Waals surface area contributed by atoms with E-state index in [0.717, 1.165) is 19.2 Å². The molecule has 0 aromatic rings. The lowest BCUT2D eigenvalue weighted by Crippen LogP contribution is -1.80. The Morgan fingerprint density at radius 1 is 1.71 bits per heavy atom. The van der Waals surface area contributed by atoms with Crippen molar-refractivity contribution in [3.63, 3.8) is 0 Å². The van der Waals surface area contributed by atoms with Crippen LogP contribution in [0.4, 0.5) is 0 Å². The van der Waals surface area contributed by atoms with Crippen LogP contribution in [0.5, 0.6) is 0 Å². The minimum Gasteiger partial charge on any atom is -0.169 e. The highest BCUT2D eigenvalue weighted by molar-refractivity contribution is 6.32. The van der Waals surface area contributed by atoms with E-state index in [-0.39, 0.29) is 0 Å². The van der Waals surface area contributed by atoms with Gasteiger partial charge in [-0.25, -0.2) is 0 Å². The number of nitrogens with zero attached hydrogens (tertiary/aromatic N) is 1. The Morgan fingerprint density at radius 2 is 2.43 bits per heavy atom. The highest BCUT2D eigenvalue weighted by Crippen LogP contribution is 1.91. The molecule has 0 rings (SSSR count). The van der Waals surface area contributed by atoms with Gasteiger partial charge in [0.2, 0.25) is 0 Å². The van der Waals surface area contributed by atoms with Crippen LogP contribution in [0.25, 0.3) is 0 Å². The van der Waals surface area contributed by atoms with Crippen molar-refractivity contribution in [3.05, 3.63) is 4.91 Å². The molecule has 3 heteroatoms. The molecule has 0 N–H and O–H groups in total. The van der Waals surface area contributed by atoms with Crippen LogP contribution in [-0.4, -0.2) is 7.41 Å². The van der Waals surface area contributed by atoms with Crippen LogP contribution in [-0.2, 0) is 0 Å². The predicted octanol–water partition coefficient (Wildman–Crippen LogP) is 1.59. The van der Waals surface area contributed by atoms with Gasteiger partial charge in [-0.2, -0.15) is 4.91 Å². The first-order valence-corrected chi connectivity index (χ1v) is 2.56. The molecular weight excluding hydrogens is 88.9 g/mol. The van der Waals surface area contributed by atoms with Gasteiger partial charge in [0.25, 0.3) is 0 Å². The highest BCUT2D eigenvalue weighted by Gasteiger charge is 1.85. The molecule has 0 unspecified atom stereocenters. The van der Waals surface area contributed by atoms with Gasteiger partial charge >= 0.3 is 7.41 Å². The molecule has 2 nitrogen and oxygen atoms in total. The average Bonchev–Trinajstić information content (AvgIpc) is 1.69. The maximum absolute atomic E-state index is 9.37. The van der Waals surface area contributed by atoms with Crippen LogP contribution in [0.2, 0.25) is 6.32 Å². The molecule has 1 radical (unpaired) electrons. The van der Waals surface area contributed by atoms with Crippen molar-refractivity contribution >= 4 is 7.41 Å². The number of hydrogen-bond donors (Lipinski definition) is 0. The van der Waals surface area contributed by atoms with Gasteiger partial charge in [0, 0.05) is 0 Å². The predicted molar refractivity (Wildman–Crippen MR) is 31.3 cm³/mol. The summed E-state index contributed by atoms with van der Waals surface area (Å²) in [5, 5.41) is 2.60. The zero-order valence-corrected chi connectivity index (χ0v) is 4.55. The van der Waals surface area contributed by atoms with Gasteiger partial charge in [0.05, 0.1) is 0 Å². The van der Waals surface area contributed by atoms with Crippen LogP contribution >= 0.6 is 0 Å². The largest absolute Gasteiger partial charge is 0.336 e. The molecule has 0 heterocycles. The molecule has 39 valence electrons. The van der Waals surface area contributed by atoms with Gasteiger partial charge in [-0.1, -0.05) is 26.1 Å². The van der Waals surface area contributed by atoms with E-state index in [9.17, 15) is 4.91 Å². The normalized spacial score (nSPS) is 8.14. The van der Waals surface area contributed by atoms with Gasteiger partial charge in [0.1, 0.15) is 0 Å². The summed E-state index contributed by atoms with van der Waals surface area (Å²) in [6.45, 7) is 2.08. The van der Waals surface area contributed by atoms with Gasteiger partial charge in [-0.05, 0) is 0 Å². The second kappa shape index (κ2) is 5.66. The Labute approximate surface area is 44.5 Å². The van der Waals surface area contributed by atoms with E-state index in [1.165, 1.54) is 7.41 Å². The first-order valence-electron chi connectivity index (χ1n) is 2.56. The fourth-order valence-electron chi connectivity index (χ4n) is 0.348. The monoisotopic (exact) mass is 98.1 g/mol. The molecule has 0 spiro atoms. The lowest BCUT2D eigenvalue weighted by atomic mass is 9.88. The molecule has 0 aromatic carbocycles.